The molecule has 0 aliphatic carbocycles. The summed E-state index contributed by atoms with van der Waals surface area (Å²) in [7, 11) is 3.24. The Labute approximate surface area is 163 Å². The highest BCUT2D eigenvalue weighted by atomic mass is 16.3. The first-order valence-electron chi connectivity index (χ1n) is 9.31. The standard InChI is InChI=1S/C20H23N5O3/c1-23-17-16(18(26)24(2)20(23)27)25(11-10-14-7-4-3-5-8-14)19(22-17)21-13-15-9-6-12-28-15/h3-9,12,16-17H,10-11,13H2,1-2H3,(H,21,22)/p+1/t16-,17+/m0/s1. The van der Waals surface area contributed by atoms with Gasteiger partial charge in [-0.3, -0.25) is 25.2 Å². The molecular formula is C20H24N5O3+. The van der Waals surface area contributed by atoms with Gasteiger partial charge in [-0.15, -0.1) is 0 Å². The van der Waals surface area contributed by atoms with Gasteiger partial charge in [0.2, 0.25) is 6.04 Å². The fraction of sp³-hybridized carbons (Fsp3) is 0.350. The van der Waals surface area contributed by atoms with Crippen molar-refractivity contribution in [3.8, 4) is 0 Å². The summed E-state index contributed by atoms with van der Waals surface area (Å²) >= 11 is 0. The number of guanidine groups is 1. The van der Waals surface area contributed by atoms with Gasteiger partial charge in [0.05, 0.1) is 12.8 Å². The van der Waals surface area contributed by atoms with Gasteiger partial charge in [-0.25, -0.2) is 9.37 Å². The number of imide groups is 1. The van der Waals surface area contributed by atoms with Crippen molar-refractivity contribution in [2.45, 2.75) is 25.2 Å². The summed E-state index contributed by atoms with van der Waals surface area (Å²) in [6, 6.07) is 13.1. The number of likely N-dealkylation sites (N-methyl/N-ethyl adjacent to an activating group) is 2. The number of nitrogens with one attached hydrogen (secondary N) is 2. The maximum Gasteiger partial charge on any atom is 0.348 e. The molecule has 0 unspecified atom stereocenters. The van der Waals surface area contributed by atoms with Crippen LogP contribution in [-0.2, 0) is 17.8 Å². The number of urea groups is 1. The maximum atomic E-state index is 12.9. The average molecular weight is 382 g/mol. The molecule has 0 radical (unpaired) electrons. The van der Waals surface area contributed by atoms with Gasteiger partial charge >= 0.3 is 12.0 Å². The zero-order valence-corrected chi connectivity index (χ0v) is 16.0. The lowest BCUT2D eigenvalue weighted by Gasteiger charge is -2.36. The molecule has 1 fully saturated rings. The highest BCUT2D eigenvalue weighted by molar-refractivity contribution is 6.01. The van der Waals surface area contributed by atoms with Crippen molar-refractivity contribution >= 4 is 17.9 Å². The lowest BCUT2D eigenvalue weighted by Crippen LogP contribution is -2.65. The minimum absolute atomic E-state index is 0.205. The highest BCUT2D eigenvalue weighted by Gasteiger charge is 2.53. The Morgan fingerprint density at radius 3 is 2.64 bits per heavy atom. The van der Waals surface area contributed by atoms with Crippen LogP contribution in [0.4, 0.5) is 4.79 Å². The number of fused-ring (bicyclic) bond motifs is 1. The molecule has 2 N–H and O–H groups in total. The molecule has 8 heteroatoms. The summed E-state index contributed by atoms with van der Waals surface area (Å²) in [6.45, 7) is 1.12. The Morgan fingerprint density at radius 2 is 1.93 bits per heavy atom. The van der Waals surface area contributed by atoms with E-state index in [0.717, 1.165) is 18.1 Å². The predicted octanol–water partition coefficient (Wildman–Crippen LogP) is 0.802. The van der Waals surface area contributed by atoms with E-state index in [0.29, 0.717) is 13.1 Å². The van der Waals surface area contributed by atoms with Gasteiger partial charge in [-0.2, -0.15) is 0 Å². The number of hydrogen-bond donors (Lipinski definition) is 2. The Hall–Kier alpha value is -3.29. The molecule has 1 saturated heterocycles. The van der Waals surface area contributed by atoms with Crippen molar-refractivity contribution in [2.24, 2.45) is 0 Å². The van der Waals surface area contributed by atoms with Gasteiger partial charge in [-0.05, 0) is 17.7 Å². The maximum absolute atomic E-state index is 12.9. The minimum Gasteiger partial charge on any atom is -0.466 e. The van der Waals surface area contributed by atoms with Crippen LogP contribution in [0.2, 0.25) is 0 Å². The first-order chi connectivity index (χ1) is 13.6. The molecule has 4 rings (SSSR count). The van der Waals surface area contributed by atoms with Crippen molar-refractivity contribution in [2.75, 3.05) is 20.6 Å². The van der Waals surface area contributed by atoms with E-state index < -0.39 is 12.2 Å². The summed E-state index contributed by atoms with van der Waals surface area (Å²) < 4.78 is 7.41. The summed E-state index contributed by atoms with van der Waals surface area (Å²) in [4.78, 5) is 28.0. The summed E-state index contributed by atoms with van der Waals surface area (Å²) in [5.41, 5.74) is 1.19. The van der Waals surface area contributed by atoms with Crippen molar-refractivity contribution in [3.05, 3.63) is 60.1 Å². The molecule has 2 aliphatic heterocycles. The molecule has 3 heterocycles. The number of rotatable bonds is 5. The third-order valence-corrected chi connectivity index (χ3v) is 5.29. The smallest absolute Gasteiger partial charge is 0.348 e. The molecule has 1 aromatic heterocycles. The molecule has 0 saturated carbocycles. The van der Waals surface area contributed by atoms with Crippen molar-refractivity contribution < 1.29 is 18.6 Å². The van der Waals surface area contributed by atoms with Gasteiger partial charge in [0.1, 0.15) is 12.3 Å². The van der Waals surface area contributed by atoms with Gasteiger partial charge in [0.25, 0.3) is 5.91 Å². The van der Waals surface area contributed by atoms with Gasteiger partial charge in [0.15, 0.2) is 6.17 Å². The summed E-state index contributed by atoms with van der Waals surface area (Å²) in [5, 5.41) is 6.65. The van der Waals surface area contributed by atoms with Crippen molar-refractivity contribution in [1.82, 2.24) is 20.4 Å². The number of benzene rings is 1. The van der Waals surface area contributed by atoms with E-state index in [9.17, 15) is 9.59 Å². The van der Waals surface area contributed by atoms with Gasteiger partial charge in [0, 0.05) is 20.5 Å². The first kappa shape index (κ1) is 18.1. The molecule has 146 valence electrons. The Balaban J connectivity index is 1.60. The number of nitrogens with zero attached hydrogens (tertiary/aromatic N) is 3. The van der Waals surface area contributed by atoms with Crippen LogP contribution in [0.25, 0.3) is 0 Å². The molecular weight excluding hydrogens is 358 g/mol. The second-order valence-electron chi connectivity index (χ2n) is 7.04. The molecule has 1 aromatic carbocycles. The van der Waals surface area contributed by atoms with Crippen LogP contribution in [0.3, 0.4) is 0 Å². The number of carbonyl (C=O) groups excluding carboxylic acids is 2. The molecule has 2 atom stereocenters. The molecule has 3 amide bonds. The third kappa shape index (κ3) is 3.21. The van der Waals surface area contributed by atoms with Crippen LogP contribution in [0, 0.1) is 0 Å². The topological polar surface area (TPSA) is 80.8 Å². The van der Waals surface area contributed by atoms with Crippen molar-refractivity contribution in [3.63, 3.8) is 0 Å². The Morgan fingerprint density at radius 1 is 1.14 bits per heavy atom. The van der Waals surface area contributed by atoms with E-state index >= 15 is 0 Å². The van der Waals surface area contributed by atoms with Gasteiger partial charge in [-0.1, -0.05) is 30.3 Å². The van der Waals surface area contributed by atoms with Crippen LogP contribution in [0.1, 0.15) is 11.3 Å². The van der Waals surface area contributed by atoms with Crippen molar-refractivity contribution in [1.29, 1.82) is 0 Å². The molecule has 0 spiro atoms. The van der Waals surface area contributed by atoms with E-state index in [1.54, 1.807) is 18.2 Å². The van der Waals surface area contributed by atoms with E-state index in [1.165, 1.54) is 17.5 Å². The second kappa shape index (κ2) is 7.38. The second-order valence-corrected chi connectivity index (χ2v) is 7.04. The predicted molar refractivity (Wildman–Crippen MR) is 102 cm³/mol. The molecule has 8 nitrogen and oxygen atoms in total. The van der Waals surface area contributed by atoms with Crippen LogP contribution in [-0.4, -0.2) is 65.1 Å². The minimum atomic E-state index is -0.476. The number of carbonyl (C=O) groups is 2. The number of amides is 3. The quantitative estimate of drug-likeness (QED) is 0.748. The normalized spacial score (nSPS) is 21.8. The SMILES string of the molecule is CN1C(=O)[C@@H]2[C@H](NC(NCc3ccco3)=[N+]2CCc2ccccc2)N(C)C1=O. The fourth-order valence-corrected chi connectivity index (χ4v) is 3.72. The fourth-order valence-electron chi connectivity index (χ4n) is 3.72. The molecule has 2 aromatic rings. The van der Waals surface area contributed by atoms with Crippen LogP contribution < -0.4 is 10.6 Å². The Kier molecular flexibility index (Phi) is 4.77. The molecule has 2 aliphatic rings. The van der Waals surface area contributed by atoms with Crippen LogP contribution >= 0.6 is 0 Å². The van der Waals surface area contributed by atoms with Gasteiger partial charge < -0.3 is 4.42 Å². The molecule has 0 bridgehead atoms. The number of hydrogen-bond acceptors (Lipinski definition) is 5. The number of furan rings is 1. The Bertz CT molecular complexity index is 894. The van der Waals surface area contributed by atoms with Crippen LogP contribution in [0.15, 0.2) is 53.1 Å². The van der Waals surface area contributed by atoms with E-state index in [4.69, 9.17) is 4.42 Å². The third-order valence-electron chi connectivity index (χ3n) is 5.29. The van der Waals surface area contributed by atoms with E-state index in [2.05, 4.69) is 22.8 Å². The summed E-state index contributed by atoms with van der Waals surface area (Å²) in [5.74, 6) is 1.31. The highest BCUT2D eigenvalue weighted by Crippen LogP contribution is 2.20. The lowest BCUT2D eigenvalue weighted by atomic mass is 10.1. The van der Waals surface area contributed by atoms with E-state index in [1.807, 2.05) is 34.9 Å². The van der Waals surface area contributed by atoms with E-state index in [-0.39, 0.29) is 11.9 Å². The summed E-state index contributed by atoms with van der Waals surface area (Å²) in [6.07, 6.45) is 2.00. The average Bonchev–Trinajstić information content (AvgIpc) is 3.36. The monoisotopic (exact) mass is 382 g/mol. The first-order valence-corrected chi connectivity index (χ1v) is 9.31. The zero-order valence-electron chi connectivity index (χ0n) is 16.0. The largest absolute Gasteiger partial charge is 0.466 e. The van der Waals surface area contributed by atoms with Crippen LogP contribution in [0.5, 0.6) is 0 Å². The zero-order chi connectivity index (χ0) is 19.7. The molecule has 28 heavy (non-hydrogen) atoms. The lowest BCUT2D eigenvalue weighted by molar-refractivity contribution is -0.551.